The second-order valence-electron chi connectivity index (χ2n) is 5.93. The number of hydrogen-bond donors (Lipinski definition) is 1. The fourth-order valence-corrected chi connectivity index (χ4v) is 3.55. The van der Waals surface area contributed by atoms with Crippen LogP contribution in [0.15, 0.2) is 18.3 Å². The maximum atomic E-state index is 10.5. The molecule has 0 radical (unpaired) electrons. The van der Waals surface area contributed by atoms with Crippen molar-refractivity contribution >= 4 is 11.5 Å². The summed E-state index contributed by atoms with van der Waals surface area (Å²) >= 11 is 0. The van der Waals surface area contributed by atoms with Gasteiger partial charge in [-0.2, -0.15) is 0 Å². The van der Waals surface area contributed by atoms with Gasteiger partial charge in [0.15, 0.2) is 6.20 Å². The van der Waals surface area contributed by atoms with E-state index in [4.69, 9.17) is 0 Å². The van der Waals surface area contributed by atoms with Gasteiger partial charge in [-0.25, -0.2) is 0 Å². The topological polar surface area (TPSA) is 71.3 Å². The molecule has 2 fully saturated rings. The van der Waals surface area contributed by atoms with Crippen LogP contribution in [0.2, 0.25) is 0 Å². The molecule has 108 valence electrons. The highest BCUT2D eigenvalue weighted by Crippen LogP contribution is 2.37. The molecule has 3 heterocycles. The van der Waals surface area contributed by atoms with Crippen molar-refractivity contribution in [2.75, 3.05) is 18.9 Å². The molecular weight excluding hydrogens is 256 g/mol. The smallest absolute Gasteiger partial charge is 0.363 e. The zero-order chi connectivity index (χ0) is 14.1. The molecule has 2 atom stereocenters. The highest BCUT2D eigenvalue weighted by Gasteiger charge is 2.38. The van der Waals surface area contributed by atoms with Crippen molar-refractivity contribution in [3.63, 3.8) is 0 Å². The molecule has 1 N–H and O–H groups in total. The quantitative estimate of drug-likeness (QED) is 0.674. The normalized spacial score (nSPS) is 29.4. The Hall–Kier alpha value is -1.69. The second kappa shape index (κ2) is 5.36. The van der Waals surface area contributed by atoms with E-state index in [1.54, 1.807) is 12.3 Å². The first-order chi connectivity index (χ1) is 9.63. The number of pyridine rings is 1. The van der Waals surface area contributed by atoms with Gasteiger partial charge in [-0.15, -0.1) is 0 Å². The Labute approximate surface area is 118 Å². The highest BCUT2D eigenvalue weighted by molar-refractivity contribution is 5.43. The number of hydrogen-bond acceptors (Lipinski definition) is 5. The van der Waals surface area contributed by atoms with Crippen LogP contribution >= 0.6 is 0 Å². The number of piperidine rings is 1. The van der Waals surface area contributed by atoms with Gasteiger partial charge in [0, 0.05) is 24.7 Å². The van der Waals surface area contributed by atoms with Gasteiger partial charge in [0.05, 0.1) is 5.69 Å². The van der Waals surface area contributed by atoms with Gasteiger partial charge in [-0.1, -0.05) is 0 Å². The van der Waals surface area contributed by atoms with Crippen LogP contribution in [0.3, 0.4) is 0 Å². The molecule has 1 aromatic heterocycles. The average molecular weight is 276 g/mol. The fraction of sp³-hybridized carbons (Fsp3) is 0.643. The lowest BCUT2D eigenvalue weighted by Crippen LogP contribution is -2.41. The van der Waals surface area contributed by atoms with Crippen LogP contribution in [0.4, 0.5) is 11.5 Å². The standard InChI is InChI=1S/C14H20N4O2/c1-17-12-3-4-13(17)7-10(6-12)8-15-11-2-5-14(16-9-11)18(19)20/h2,5,9-10,12-13,15H,3-4,6-8H2,1H3. The fourth-order valence-electron chi connectivity index (χ4n) is 3.55. The summed E-state index contributed by atoms with van der Waals surface area (Å²) in [5.74, 6) is 0.590. The van der Waals surface area contributed by atoms with Crippen LogP contribution < -0.4 is 5.32 Å². The molecule has 1 aromatic rings. The van der Waals surface area contributed by atoms with Crippen molar-refractivity contribution in [3.8, 4) is 0 Å². The van der Waals surface area contributed by atoms with Crippen molar-refractivity contribution in [1.29, 1.82) is 0 Å². The molecule has 0 amide bonds. The number of rotatable bonds is 4. The Morgan fingerprint density at radius 1 is 1.40 bits per heavy atom. The van der Waals surface area contributed by atoms with Crippen LogP contribution in [-0.2, 0) is 0 Å². The first-order valence-corrected chi connectivity index (χ1v) is 7.19. The summed E-state index contributed by atoms with van der Waals surface area (Å²) in [4.78, 5) is 16.4. The number of fused-ring (bicyclic) bond motifs is 2. The van der Waals surface area contributed by atoms with Crippen LogP contribution in [0.25, 0.3) is 0 Å². The summed E-state index contributed by atoms with van der Waals surface area (Å²) in [5, 5.41) is 13.9. The third kappa shape index (κ3) is 2.60. The summed E-state index contributed by atoms with van der Waals surface area (Å²) in [7, 11) is 2.24. The lowest BCUT2D eigenvalue weighted by atomic mass is 9.91. The predicted molar refractivity (Wildman–Crippen MR) is 76.7 cm³/mol. The van der Waals surface area contributed by atoms with E-state index >= 15 is 0 Å². The lowest BCUT2D eigenvalue weighted by Gasteiger charge is -2.36. The Morgan fingerprint density at radius 2 is 2.10 bits per heavy atom. The third-order valence-electron chi connectivity index (χ3n) is 4.73. The molecule has 20 heavy (non-hydrogen) atoms. The molecule has 0 saturated carbocycles. The van der Waals surface area contributed by atoms with Gasteiger partial charge >= 0.3 is 5.82 Å². The molecule has 2 unspecified atom stereocenters. The zero-order valence-corrected chi connectivity index (χ0v) is 11.7. The molecule has 2 saturated heterocycles. The molecule has 0 aliphatic carbocycles. The van der Waals surface area contributed by atoms with Crippen molar-refractivity contribution in [3.05, 3.63) is 28.4 Å². The maximum absolute atomic E-state index is 10.5. The minimum atomic E-state index is -0.474. The number of nitrogens with one attached hydrogen (secondary N) is 1. The van der Waals surface area contributed by atoms with Gasteiger partial charge in [0.1, 0.15) is 0 Å². The van der Waals surface area contributed by atoms with Crippen LogP contribution in [0.5, 0.6) is 0 Å². The van der Waals surface area contributed by atoms with Crippen LogP contribution in [0, 0.1) is 16.0 Å². The van der Waals surface area contributed by atoms with E-state index in [0.29, 0.717) is 5.92 Å². The minimum absolute atomic E-state index is 0.104. The van der Waals surface area contributed by atoms with Crippen LogP contribution in [0.1, 0.15) is 25.7 Å². The first-order valence-electron chi connectivity index (χ1n) is 7.19. The summed E-state index contributed by atoms with van der Waals surface area (Å²) in [5.41, 5.74) is 0.863. The maximum Gasteiger partial charge on any atom is 0.363 e. The monoisotopic (exact) mass is 276 g/mol. The summed E-state index contributed by atoms with van der Waals surface area (Å²) in [6.07, 6.45) is 6.70. The van der Waals surface area contributed by atoms with E-state index in [0.717, 1.165) is 24.3 Å². The van der Waals surface area contributed by atoms with Gasteiger partial charge in [-0.05, 0) is 54.6 Å². The average Bonchev–Trinajstić information content (AvgIpc) is 2.66. The van der Waals surface area contributed by atoms with E-state index in [-0.39, 0.29) is 5.82 Å². The number of nitro groups is 1. The number of anilines is 1. The van der Waals surface area contributed by atoms with E-state index in [2.05, 4.69) is 22.2 Å². The molecule has 0 aromatic carbocycles. The SMILES string of the molecule is CN1C2CCC1CC(CNc1ccc([N+](=O)[O-])nc1)C2. The lowest BCUT2D eigenvalue weighted by molar-refractivity contribution is -0.389. The Balaban J connectivity index is 1.54. The van der Waals surface area contributed by atoms with Gasteiger partial charge in [0.25, 0.3) is 0 Å². The zero-order valence-electron chi connectivity index (χ0n) is 11.7. The highest BCUT2D eigenvalue weighted by atomic mass is 16.6. The van der Waals surface area contributed by atoms with Crippen molar-refractivity contribution in [2.24, 2.45) is 5.92 Å². The molecule has 2 bridgehead atoms. The Morgan fingerprint density at radius 3 is 2.65 bits per heavy atom. The van der Waals surface area contributed by atoms with E-state index in [1.165, 1.54) is 31.7 Å². The second-order valence-corrected chi connectivity index (χ2v) is 5.93. The third-order valence-corrected chi connectivity index (χ3v) is 4.73. The van der Waals surface area contributed by atoms with Crippen molar-refractivity contribution < 1.29 is 4.92 Å². The number of aromatic nitrogens is 1. The van der Waals surface area contributed by atoms with Crippen LogP contribution in [-0.4, -0.2) is 40.5 Å². The summed E-state index contributed by atoms with van der Waals surface area (Å²) in [6, 6.07) is 4.67. The Kier molecular flexibility index (Phi) is 3.56. The summed E-state index contributed by atoms with van der Waals surface area (Å²) < 4.78 is 0. The molecule has 6 nitrogen and oxygen atoms in total. The molecule has 6 heteroatoms. The van der Waals surface area contributed by atoms with E-state index in [1.807, 2.05) is 0 Å². The van der Waals surface area contributed by atoms with Crippen molar-refractivity contribution in [2.45, 2.75) is 37.8 Å². The largest absolute Gasteiger partial charge is 0.382 e. The molecule has 2 aliphatic rings. The van der Waals surface area contributed by atoms with Gasteiger partial charge in [-0.3, -0.25) is 0 Å². The molecule has 3 rings (SSSR count). The number of nitrogens with zero attached hydrogens (tertiary/aromatic N) is 3. The molecule has 2 aliphatic heterocycles. The summed E-state index contributed by atoms with van der Waals surface area (Å²) in [6.45, 7) is 0.931. The minimum Gasteiger partial charge on any atom is -0.382 e. The predicted octanol–water partition coefficient (Wildman–Crippen LogP) is 2.27. The van der Waals surface area contributed by atoms with E-state index in [9.17, 15) is 10.1 Å². The molecule has 0 spiro atoms. The van der Waals surface area contributed by atoms with Gasteiger partial charge in [0.2, 0.25) is 0 Å². The van der Waals surface area contributed by atoms with Crippen molar-refractivity contribution in [1.82, 2.24) is 9.88 Å². The van der Waals surface area contributed by atoms with E-state index < -0.39 is 4.92 Å². The first kappa shape index (κ1) is 13.3. The van der Waals surface area contributed by atoms with Gasteiger partial charge < -0.3 is 20.3 Å². The molecular formula is C14H20N4O2. The Bertz CT molecular complexity index is 476.